The lowest BCUT2D eigenvalue weighted by atomic mass is 9.85. The van der Waals surface area contributed by atoms with Gasteiger partial charge in [0, 0.05) is 17.6 Å². The Hall–Kier alpha value is -2.14. The number of hydrogen-bond acceptors (Lipinski definition) is 5. The van der Waals surface area contributed by atoms with Crippen LogP contribution < -0.4 is 0 Å². The van der Waals surface area contributed by atoms with Crippen LogP contribution in [-0.4, -0.2) is 35.4 Å². The number of aliphatic hydroxyl groups excluding tert-OH is 1. The van der Waals surface area contributed by atoms with Crippen LogP contribution in [0.1, 0.15) is 40.5 Å². The highest BCUT2D eigenvalue weighted by atomic mass is 16.6. The Kier molecular flexibility index (Phi) is 6.01. The maximum absolute atomic E-state index is 12.3. The summed E-state index contributed by atoms with van der Waals surface area (Å²) < 4.78 is 11.1. The van der Waals surface area contributed by atoms with Gasteiger partial charge in [-0.25, -0.2) is 9.59 Å². The Morgan fingerprint density at radius 2 is 2.12 bits per heavy atom. The van der Waals surface area contributed by atoms with Gasteiger partial charge in [0.25, 0.3) is 0 Å². The third-order valence-corrected chi connectivity index (χ3v) is 4.84. The molecule has 0 radical (unpaired) electrons. The van der Waals surface area contributed by atoms with Gasteiger partial charge in [-0.15, -0.1) is 0 Å². The Morgan fingerprint density at radius 3 is 2.76 bits per heavy atom. The minimum absolute atomic E-state index is 0.299. The molecule has 136 valence electrons. The number of allylic oxidation sites excluding steroid dienone is 1. The molecule has 2 aliphatic rings. The predicted octanol–water partition coefficient (Wildman–Crippen LogP) is 3.01. The summed E-state index contributed by atoms with van der Waals surface area (Å²) in [5.74, 6) is -1.37. The lowest BCUT2D eigenvalue weighted by Gasteiger charge is -2.28. The van der Waals surface area contributed by atoms with Crippen LogP contribution in [0.3, 0.4) is 0 Å². The fraction of sp³-hybridized carbons (Fsp3) is 0.500. The molecule has 1 aliphatic carbocycles. The minimum atomic E-state index is -0.632. The number of carbonyl (C=O) groups excluding carboxylic acids is 2. The fourth-order valence-electron chi connectivity index (χ4n) is 3.04. The first-order valence-corrected chi connectivity index (χ1v) is 8.50. The molecule has 25 heavy (non-hydrogen) atoms. The summed E-state index contributed by atoms with van der Waals surface area (Å²) in [5, 5.41) is 10.2. The van der Waals surface area contributed by atoms with Gasteiger partial charge in [0.1, 0.15) is 12.2 Å². The fourth-order valence-corrected chi connectivity index (χ4v) is 3.04. The molecule has 2 rings (SSSR count). The lowest BCUT2D eigenvalue weighted by Crippen LogP contribution is -2.34. The molecule has 1 heterocycles. The van der Waals surface area contributed by atoms with Crippen molar-refractivity contribution in [2.24, 2.45) is 5.92 Å². The highest BCUT2D eigenvalue weighted by Gasteiger charge is 2.44. The number of fused-ring (bicyclic) bond motifs is 1. The SMILES string of the molecule is C=C1C(=O)O[C@@H]2/C=C(\C)[C@H](O)C/C=C(\C)C[C@H](OC(=O)/C(C)=C\C)[C@H]12. The van der Waals surface area contributed by atoms with E-state index in [0.29, 0.717) is 24.0 Å². The second-order valence-electron chi connectivity index (χ2n) is 6.75. The number of carbonyl (C=O) groups is 2. The van der Waals surface area contributed by atoms with Gasteiger partial charge < -0.3 is 14.6 Å². The van der Waals surface area contributed by atoms with Crippen LogP contribution in [0, 0.1) is 5.92 Å². The smallest absolute Gasteiger partial charge is 0.334 e. The van der Waals surface area contributed by atoms with Crippen molar-refractivity contribution in [1.82, 2.24) is 0 Å². The van der Waals surface area contributed by atoms with Crippen LogP contribution in [0.4, 0.5) is 0 Å². The molecule has 1 fully saturated rings. The highest BCUT2D eigenvalue weighted by Crippen LogP contribution is 2.36. The molecule has 1 N–H and O–H groups in total. The highest BCUT2D eigenvalue weighted by molar-refractivity contribution is 5.92. The Labute approximate surface area is 148 Å². The zero-order valence-electron chi connectivity index (χ0n) is 15.2. The quantitative estimate of drug-likeness (QED) is 0.473. The molecule has 0 aromatic rings. The molecule has 1 aliphatic heterocycles. The van der Waals surface area contributed by atoms with Gasteiger partial charge in [0.2, 0.25) is 0 Å². The van der Waals surface area contributed by atoms with Crippen molar-refractivity contribution in [1.29, 1.82) is 0 Å². The van der Waals surface area contributed by atoms with E-state index < -0.39 is 36.2 Å². The molecular formula is C20H26O5. The second kappa shape index (κ2) is 7.83. The third kappa shape index (κ3) is 4.28. The number of esters is 2. The largest absolute Gasteiger partial charge is 0.458 e. The number of hydrogen-bond donors (Lipinski definition) is 1. The standard InChI is InChI=1S/C20H26O5/c1-6-12(3)19(22)24-16-9-11(2)7-8-15(21)13(4)10-17-18(16)14(5)20(23)25-17/h6-7,10,15-18,21H,5,8-9H2,1-4H3/b11-7+,12-6-,13-10+/t15-,16+,17-,18+/m1/s1. The minimum Gasteiger partial charge on any atom is -0.458 e. The molecule has 0 aromatic heterocycles. The monoisotopic (exact) mass is 346 g/mol. The second-order valence-corrected chi connectivity index (χ2v) is 6.75. The molecule has 0 bridgehead atoms. The van der Waals surface area contributed by atoms with Crippen LogP contribution in [-0.2, 0) is 19.1 Å². The normalized spacial score (nSPS) is 35.0. The Morgan fingerprint density at radius 1 is 1.44 bits per heavy atom. The topological polar surface area (TPSA) is 72.8 Å². The summed E-state index contributed by atoms with van der Waals surface area (Å²) in [6, 6.07) is 0. The first-order chi connectivity index (χ1) is 11.7. The van der Waals surface area contributed by atoms with E-state index in [4.69, 9.17) is 9.47 Å². The maximum atomic E-state index is 12.3. The maximum Gasteiger partial charge on any atom is 0.334 e. The van der Waals surface area contributed by atoms with Crippen LogP contribution in [0.15, 0.2) is 47.1 Å². The predicted molar refractivity (Wildman–Crippen MR) is 94.6 cm³/mol. The van der Waals surface area contributed by atoms with Crippen LogP contribution in [0.5, 0.6) is 0 Å². The van der Waals surface area contributed by atoms with E-state index in [1.807, 2.05) is 13.0 Å². The molecule has 0 aromatic carbocycles. The van der Waals surface area contributed by atoms with E-state index in [0.717, 1.165) is 11.1 Å². The molecule has 5 heteroatoms. The summed E-state index contributed by atoms with van der Waals surface area (Å²) in [6.07, 6.45) is 4.51. The van der Waals surface area contributed by atoms with E-state index in [-0.39, 0.29) is 0 Å². The Bertz CT molecular complexity index is 668. The Balaban J connectivity index is 2.42. The van der Waals surface area contributed by atoms with E-state index in [2.05, 4.69) is 6.58 Å². The van der Waals surface area contributed by atoms with Gasteiger partial charge in [-0.3, -0.25) is 0 Å². The lowest BCUT2D eigenvalue weighted by molar-refractivity contribution is -0.147. The first kappa shape index (κ1) is 19.2. The van der Waals surface area contributed by atoms with Crippen molar-refractivity contribution in [3.05, 3.63) is 47.1 Å². The average Bonchev–Trinajstić information content (AvgIpc) is 2.84. The van der Waals surface area contributed by atoms with E-state index in [1.54, 1.807) is 32.9 Å². The summed E-state index contributed by atoms with van der Waals surface area (Å²) in [6.45, 7) is 11.0. The average molecular weight is 346 g/mol. The number of rotatable bonds is 2. The van der Waals surface area contributed by atoms with E-state index >= 15 is 0 Å². The van der Waals surface area contributed by atoms with Crippen molar-refractivity contribution < 1.29 is 24.2 Å². The first-order valence-electron chi connectivity index (χ1n) is 8.50. The molecule has 0 amide bonds. The van der Waals surface area contributed by atoms with Gasteiger partial charge in [-0.2, -0.15) is 0 Å². The van der Waals surface area contributed by atoms with Crippen LogP contribution in [0.25, 0.3) is 0 Å². The van der Waals surface area contributed by atoms with Gasteiger partial charge in [-0.1, -0.05) is 24.3 Å². The summed E-state index contributed by atoms with van der Waals surface area (Å²) in [4.78, 5) is 24.3. The van der Waals surface area contributed by atoms with E-state index in [1.165, 1.54) is 0 Å². The van der Waals surface area contributed by atoms with Gasteiger partial charge in [-0.05, 0) is 45.8 Å². The van der Waals surface area contributed by atoms with Crippen molar-refractivity contribution in [3.8, 4) is 0 Å². The number of ether oxygens (including phenoxy) is 2. The van der Waals surface area contributed by atoms with Crippen molar-refractivity contribution in [3.63, 3.8) is 0 Å². The van der Waals surface area contributed by atoms with E-state index in [9.17, 15) is 14.7 Å². The summed E-state index contributed by atoms with van der Waals surface area (Å²) in [7, 11) is 0. The van der Waals surface area contributed by atoms with Gasteiger partial charge in [0.05, 0.1) is 12.0 Å². The zero-order valence-corrected chi connectivity index (χ0v) is 15.2. The summed E-state index contributed by atoms with van der Waals surface area (Å²) in [5.41, 5.74) is 2.51. The molecule has 0 unspecified atom stereocenters. The van der Waals surface area contributed by atoms with Crippen molar-refractivity contribution >= 4 is 11.9 Å². The van der Waals surface area contributed by atoms with Crippen LogP contribution >= 0.6 is 0 Å². The van der Waals surface area contributed by atoms with Crippen LogP contribution in [0.2, 0.25) is 0 Å². The van der Waals surface area contributed by atoms with Crippen molar-refractivity contribution in [2.45, 2.75) is 58.8 Å². The molecule has 4 atom stereocenters. The van der Waals surface area contributed by atoms with Gasteiger partial charge >= 0.3 is 11.9 Å². The number of aliphatic hydroxyl groups is 1. The van der Waals surface area contributed by atoms with Crippen molar-refractivity contribution in [2.75, 3.05) is 0 Å². The third-order valence-electron chi connectivity index (χ3n) is 4.84. The molecule has 0 saturated carbocycles. The zero-order chi connectivity index (χ0) is 18.7. The molecule has 1 saturated heterocycles. The molecule has 5 nitrogen and oxygen atoms in total. The molecular weight excluding hydrogens is 320 g/mol. The molecule has 0 spiro atoms. The van der Waals surface area contributed by atoms with Gasteiger partial charge in [0.15, 0.2) is 0 Å². The summed E-state index contributed by atoms with van der Waals surface area (Å²) >= 11 is 0.